The molecule has 150 valence electrons. The molecule has 1 aliphatic heterocycles. The van der Waals surface area contributed by atoms with E-state index in [0.29, 0.717) is 17.7 Å². The lowest BCUT2D eigenvalue weighted by Gasteiger charge is -2.39. The van der Waals surface area contributed by atoms with Crippen molar-refractivity contribution in [3.63, 3.8) is 0 Å². The van der Waals surface area contributed by atoms with Crippen LogP contribution in [-0.4, -0.2) is 37.0 Å². The summed E-state index contributed by atoms with van der Waals surface area (Å²) in [5.41, 5.74) is 1.15. The highest BCUT2D eigenvalue weighted by molar-refractivity contribution is 5.76. The average Bonchev–Trinajstić information content (AvgIpc) is 3.20. The molecular formula is C22H32ClFN2O. The van der Waals surface area contributed by atoms with E-state index < -0.39 is 0 Å². The van der Waals surface area contributed by atoms with Gasteiger partial charge < -0.3 is 17.3 Å². The molecular weight excluding hydrogens is 363 g/mol. The monoisotopic (exact) mass is 394 g/mol. The molecule has 4 rings (SSSR count). The first-order valence-corrected chi connectivity index (χ1v) is 10.3. The van der Waals surface area contributed by atoms with Crippen LogP contribution in [0.25, 0.3) is 0 Å². The van der Waals surface area contributed by atoms with Crippen molar-refractivity contribution in [2.75, 3.05) is 26.2 Å². The number of hydrogen-bond acceptors (Lipinski definition) is 1. The van der Waals surface area contributed by atoms with Crippen molar-refractivity contribution >= 4 is 11.6 Å². The van der Waals surface area contributed by atoms with E-state index in [2.05, 4.69) is 13.8 Å². The molecule has 3 nitrogen and oxygen atoms in total. The van der Waals surface area contributed by atoms with E-state index in [1.807, 2.05) is 17.0 Å². The summed E-state index contributed by atoms with van der Waals surface area (Å²) in [4.78, 5) is 15.9. The van der Waals surface area contributed by atoms with Crippen LogP contribution in [0.4, 0.5) is 10.1 Å². The third-order valence-electron chi connectivity index (χ3n) is 7.69. The summed E-state index contributed by atoms with van der Waals surface area (Å²) >= 11 is 0. The second-order valence-electron chi connectivity index (χ2n) is 9.20. The lowest BCUT2D eigenvalue weighted by molar-refractivity contribution is -0.838. The highest BCUT2D eigenvalue weighted by Gasteiger charge is 2.52. The molecule has 0 aromatic heterocycles. The van der Waals surface area contributed by atoms with Crippen molar-refractivity contribution in [2.24, 2.45) is 23.2 Å². The van der Waals surface area contributed by atoms with Crippen molar-refractivity contribution < 1.29 is 26.5 Å². The van der Waals surface area contributed by atoms with Crippen LogP contribution < -0.4 is 17.3 Å². The Morgan fingerprint density at radius 3 is 2.56 bits per heavy atom. The maximum Gasteiger partial charge on any atom is 0.222 e. The Morgan fingerprint density at radius 2 is 1.93 bits per heavy atom. The number of para-hydroxylation sites is 1. The van der Waals surface area contributed by atoms with Gasteiger partial charge in [0.15, 0.2) is 11.5 Å². The zero-order valence-electron chi connectivity index (χ0n) is 16.5. The van der Waals surface area contributed by atoms with Crippen molar-refractivity contribution in [1.29, 1.82) is 0 Å². The van der Waals surface area contributed by atoms with Gasteiger partial charge in [0, 0.05) is 12.5 Å². The van der Waals surface area contributed by atoms with Gasteiger partial charge in [-0.2, -0.15) is 0 Å². The van der Waals surface area contributed by atoms with E-state index in [4.69, 9.17) is 0 Å². The summed E-state index contributed by atoms with van der Waals surface area (Å²) in [5.74, 6) is 2.61. The van der Waals surface area contributed by atoms with Crippen molar-refractivity contribution in [2.45, 2.75) is 46.0 Å². The van der Waals surface area contributed by atoms with Crippen molar-refractivity contribution in [3.05, 3.63) is 30.1 Å². The second kappa shape index (κ2) is 8.08. The number of halogens is 2. The number of quaternary nitrogens is 1. The third kappa shape index (κ3) is 3.88. The Kier molecular flexibility index (Phi) is 6.17. The normalized spacial score (nSPS) is 29.6. The molecule has 3 fully saturated rings. The number of nitrogens with zero attached hydrogens (tertiary/aromatic N) is 1. The van der Waals surface area contributed by atoms with Gasteiger partial charge in [-0.1, -0.05) is 26.0 Å². The lowest BCUT2D eigenvalue weighted by Crippen LogP contribution is -3.10. The average molecular weight is 395 g/mol. The molecule has 3 unspecified atom stereocenters. The molecule has 2 saturated carbocycles. The number of rotatable bonds is 4. The predicted octanol–water partition coefficient (Wildman–Crippen LogP) is 0.0408. The summed E-state index contributed by atoms with van der Waals surface area (Å²) < 4.78 is 14.0. The minimum atomic E-state index is -0.138. The largest absolute Gasteiger partial charge is 1.00 e. The fraction of sp³-hybridized carbons (Fsp3) is 0.682. The van der Waals surface area contributed by atoms with Crippen LogP contribution in [0.1, 0.15) is 46.0 Å². The molecule has 1 N–H and O–H groups in total. The van der Waals surface area contributed by atoms with Crippen LogP contribution in [0.15, 0.2) is 24.3 Å². The zero-order valence-corrected chi connectivity index (χ0v) is 17.3. The second-order valence-corrected chi connectivity index (χ2v) is 9.20. The molecule has 1 saturated heterocycles. The molecule has 1 heterocycles. The van der Waals surface area contributed by atoms with Gasteiger partial charge >= 0.3 is 0 Å². The van der Waals surface area contributed by atoms with E-state index in [0.717, 1.165) is 60.9 Å². The Morgan fingerprint density at radius 1 is 1.22 bits per heavy atom. The number of benzene rings is 1. The standard InChI is InChI=1S/C22H31FN2O.ClH/c1-22(2)17-8-7-16(15-17)18(22)9-10-21(26)25-13-11-24(12-14-25)20-6-4-3-5-19(20)23;/h3-6,16-18H,7-15H2,1-2H3;1H. The maximum atomic E-state index is 14.0. The van der Waals surface area contributed by atoms with Gasteiger partial charge in [0.05, 0.1) is 26.2 Å². The minimum absolute atomic E-state index is 0. The molecule has 3 atom stereocenters. The summed E-state index contributed by atoms with van der Waals surface area (Å²) in [6.07, 6.45) is 5.89. The Balaban J connectivity index is 0.00000210. The fourth-order valence-corrected chi connectivity index (χ4v) is 6.06. The zero-order chi connectivity index (χ0) is 18.3. The molecule has 5 heteroatoms. The highest BCUT2D eigenvalue weighted by atomic mass is 35.5. The summed E-state index contributed by atoms with van der Waals surface area (Å²) in [5, 5.41) is 0. The molecule has 2 bridgehead atoms. The molecule has 0 spiro atoms. The lowest BCUT2D eigenvalue weighted by atomic mass is 9.67. The Labute approximate surface area is 168 Å². The molecule has 2 aliphatic carbocycles. The van der Waals surface area contributed by atoms with E-state index in [1.165, 1.54) is 25.3 Å². The molecule has 27 heavy (non-hydrogen) atoms. The van der Waals surface area contributed by atoms with Gasteiger partial charge in [-0.05, 0) is 54.9 Å². The molecule has 1 aromatic carbocycles. The molecule has 3 aliphatic rings. The quantitative estimate of drug-likeness (QED) is 0.766. The first kappa shape index (κ1) is 20.6. The SMILES string of the molecule is CC1(C)C2CCC(C2)C1CCC(=O)N1CC[NH+](c2ccccc2F)CC1.[Cl-]. The number of carbonyl (C=O) groups excluding carboxylic acids is 1. The highest BCUT2D eigenvalue weighted by Crippen LogP contribution is 2.60. The van der Waals surface area contributed by atoms with Crippen molar-refractivity contribution in [1.82, 2.24) is 4.90 Å². The van der Waals surface area contributed by atoms with Gasteiger partial charge in [0.2, 0.25) is 5.91 Å². The maximum absolute atomic E-state index is 14.0. The summed E-state index contributed by atoms with van der Waals surface area (Å²) in [7, 11) is 0. The fourth-order valence-electron chi connectivity index (χ4n) is 6.06. The Hall–Kier alpha value is -1.13. The summed E-state index contributed by atoms with van der Waals surface area (Å²) in [6.45, 7) is 7.91. The predicted molar refractivity (Wildman–Crippen MR) is 101 cm³/mol. The van der Waals surface area contributed by atoms with Crippen LogP contribution in [0.2, 0.25) is 0 Å². The van der Waals surface area contributed by atoms with E-state index in [9.17, 15) is 9.18 Å². The van der Waals surface area contributed by atoms with Crippen LogP contribution in [0.5, 0.6) is 0 Å². The smallest absolute Gasteiger partial charge is 0.222 e. The Bertz CT molecular complexity index is 672. The number of hydrogen-bond donors (Lipinski definition) is 1. The van der Waals surface area contributed by atoms with E-state index in [-0.39, 0.29) is 18.2 Å². The van der Waals surface area contributed by atoms with Gasteiger partial charge in [0.1, 0.15) is 0 Å². The minimum Gasteiger partial charge on any atom is -1.00 e. The molecule has 1 amide bonds. The molecule has 0 radical (unpaired) electrons. The first-order chi connectivity index (χ1) is 12.5. The number of amides is 1. The van der Waals surface area contributed by atoms with Gasteiger partial charge in [0.25, 0.3) is 0 Å². The molecule has 1 aromatic rings. The number of carbonyl (C=O) groups is 1. The van der Waals surface area contributed by atoms with Crippen LogP contribution in [0.3, 0.4) is 0 Å². The van der Waals surface area contributed by atoms with Gasteiger partial charge in [-0.15, -0.1) is 0 Å². The van der Waals surface area contributed by atoms with E-state index in [1.54, 1.807) is 6.07 Å². The topological polar surface area (TPSA) is 24.8 Å². The number of fused-ring (bicyclic) bond motifs is 2. The van der Waals surface area contributed by atoms with Crippen LogP contribution in [-0.2, 0) is 4.79 Å². The number of piperazine rings is 1. The van der Waals surface area contributed by atoms with Gasteiger partial charge in [-0.25, -0.2) is 4.39 Å². The van der Waals surface area contributed by atoms with Crippen LogP contribution >= 0.6 is 0 Å². The third-order valence-corrected chi connectivity index (χ3v) is 7.69. The van der Waals surface area contributed by atoms with Crippen LogP contribution in [0, 0.1) is 29.0 Å². The number of nitrogens with one attached hydrogen (secondary N) is 1. The van der Waals surface area contributed by atoms with Crippen molar-refractivity contribution in [3.8, 4) is 0 Å². The summed E-state index contributed by atoms with van der Waals surface area (Å²) in [6, 6.07) is 7.01. The van der Waals surface area contributed by atoms with E-state index >= 15 is 0 Å². The van der Waals surface area contributed by atoms with Gasteiger partial charge in [-0.3, -0.25) is 9.69 Å². The first-order valence-electron chi connectivity index (χ1n) is 10.3.